The number of aliphatic imine (C=N–C) groups is 1. The maximum atomic E-state index is 8.57. The Hall–Kier alpha value is -1.05. The van der Waals surface area contributed by atoms with Gasteiger partial charge < -0.3 is 5.11 Å². The Kier molecular flexibility index (Phi) is 0.941. The number of aliphatic hydroxyl groups is 1. The second-order valence-electron chi connectivity index (χ2n) is 1.21. The Morgan fingerprint density at radius 2 is 2.43 bits per heavy atom. The third-order valence-electron chi connectivity index (χ3n) is 0.646. The van der Waals surface area contributed by atoms with E-state index in [9.17, 15) is 0 Å². The molecule has 0 aliphatic carbocycles. The van der Waals surface area contributed by atoms with Crippen molar-refractivity contribution in [2.75, 3.05) is 0 Å². The van der Waals surface area contributed by atoms with E-state index in [0.29, 0.717) is 0 Å². The van der Waals surface area contributed by atoms with Crippen LogP contribution in [0.2, 0.25) is 0 Å². The van der Waals surface area contributed by atoms with Crippen molar-refractivity contribution in [3.8, 4) is 0 Å². The standard InChI is InChI=1S/C5H5NO/c7-5-2-1-3-6-4-5/h1-4,7H/q+1. The molecule has 2 nitrogen and oxygen atoms in total. The predicted octanol–water partition coefficient (Wildman–Crippen LogP) is 0.362. The minimum absolute atomic E-state index is 0.211. The monoisotopic (exact) mass is 95.0 g/mol. The maximum Gasteiger partial charge on any atom is 0.283 e. The summed E-state index contributed by atoms with van der Waals surface area (Å²) in [7, 11) is 0. The SMILES string of the molecule is OC1=CC=C[N+]=C1. The molecule has 0 aromatic carbocycles. The molecule has 0 saturated heterocycles. The second kappa shape index (κ2) is 1.60. The predicted molar refractivity (Wildman–Crippen MR) is 28.0 cm³/mol. The zero-order valence-corrected chi connectivity index (χ0v) is 3.70. The Balaban J connectivity index is 2.82. The fourth-order valence-corrected chi connectivity index (χ4v) is 0.354. The lowest BCUT2D eigenvalue weighted by Gasteiger charge is -1.77. The highest BCUT2D eigenvalue weighted by Gasteiger charge is 1.95. The number of aliphatic hydroxyl groups excluding tert-OH is 1. The summed E-state index contributed by atoms with van der Waals surface area (Å²) in [5.74, 6) is 0.211. The lowest BCUT2D eigenvalue weighted by atomic mass is 10.4. The van der Waals surface area contributed by atoms with Crippen LogP contribution in [0.4, 0.5) is 0 Å². The molecule has 35 valence electrons. The van der Waals surface area contributed by atoms with Gasteiger partial charge in [0.1, 0.15) is 0 Å². The number of allylic oxidation sites excluding steroid dienone is 3. The molecule has 0 aromatic rings. The van der Waals surface area contributed by atoms with E-state index in [1.165, 1.54) is 6.21 Å². The number of hydrogen-bond donors (Lipinski definition) is 1. The fourth-order valence-electron chi connectivity index (χ4n) is 0.354. The molecule has 0 saturated carbocycles. The molecule has 0 amide bonds. The van der Waals surface area contributed by atoms with Gasteiger partial charge in [0.05, 0.1) is 4.99 Å². The zero-order chi connectivity index (χ0) is 5.11. The first-order valence-corrected chi connectivity index (χ1v) is 1.98. The van der Waals surface area contributed by atoms with Crippen LogP contribution in [-0.4, -0.2) is 11.3 Å². The largest absolute Gasteiger partial charge is 0.503 e. The average Bonchev–Trinajstić information content (AvgIpc) is 1.69. The maximum absolute atomic E-state index is 8.57. The number of rotatable bonds is 0. The van der Waals surface area contributed by atoms with Gasteiger partial charge in [-0.2, -0.15) is 0 Å². The van der Waals surface area contributed by atoms with E-state index < -0.39 is 0 Å². The van der Waals surface area contributed by atoms with Crippen LogP contribution in [0.3, 0.4) is 0 Å². The number of nitrogens with zero attached hydrogens (tertiary/aromatic N) is 1. The molecule has 1 aliphatic rings. The van der Waals surface area contributed by atoms with Gasteiger partial charge in [0, 0.05) is 6.08 Å². The summed E-state index contributed by atoms with van der Waals surface area (Å²) in [4.78, 5) is 3.63. The van der Waals surface area contributed by atoms with Crippen molar-refractivity contribution >= 4 is 6.21 Å². The molecule has 0 unspecified atom stereocenters. The zero-order valence-electron chi connectivity index (χ0n) is 3.70. The first-order chi connectivity index (χ1) is 3.39. The molecule has 7 heavy (non-hydrogen) atoms. The van der Waals surface area contributed by atoms with Crippen LogP contribution in [0.15, 0.2) is 24.1 Å². The Morgan fingerprint density at radius 1 is 1.57 bits per heavy atom. The van der Waals surface area contributed by atoms with Crippen molar-refractivity contribution in [2.24, 2.45) is 0 Å². The van der Waals surface area contributed by atoms with E-state index in [4.69, 9.17) is 5.11 Å². The molecular weight excluding hydrogens is 90.1 g/mol. The highest BCUT2D eigenvalue weighted by Crippen LogP contribution is 1.85. The molecule has 1 N–H and O–H groups in total. The highest BCUT2D eigenvalue weighted by molar-refractivity contribution is 5.76. The normalized spacial score (nSPS) is 16.9. The van der Waals surface area contributed by atoms with Crippen molar-refractivity contribution in [1.82, 2.24) is 4.99 Å². The topological polar surface area (TPSA) is 34.3 Å². The van der Waals surface area contributed by atoms with E-state index in [2.05, 4.69) is 4.99 Å². The van der Waals surface area contributed by atoms with Gasteiger partial charge in [-0.3, -0.25) is 0 Å². The van der Waals surface area contributed by atoms with Gasteiger partial charge in [0.2, 0.25) is 6.20 Å². The van der Waals surface area contributed by atoms with Gasteiger partial charge >= 0.3 is 0 Å². The fraction of sp³-hybridized carbons (Fsp3) is 0. The smallest absolute Gasteiger partial charge is 0.283 e. The van der Waals surface area contributed by atoms with Crippen LogP contribution in [0.25, 0.3) is 0 Å². The van der Waals surface area contributed by atoms with E-state index in [-0.39, 0.29) is 5.76 Å². The van der Waals surface area contributed by atoms with E-state index in [0.717, 1.165) is 0 Å². The van der Waals surface area contributed by atoms with Crippen molar-refractivity contribution in [3.05, 3.63) is 24.1 Å². The second-order valence-corrected chi connectivity index (χ2v) is 1.21. The lowest BCUT2D eigenvalue weighted by molar-refractivity contribution is 0.445. The summed E-state index contributed by atoms with van der Waals surface area (Å²) in [6.07, 6.45) is 6.25. The van der Waals surface area contributed by atoms with Crippen molar-refractivity contribution < 1.29 is 5.11 Å². The van der Waals surface area contributed by atoms with Crippen LogP contribution in [-0.2, 0) is 0 Å². The molecule has 1 heterocycles. The first-order valence-electron chi connectivity index (χ1n) is 1.98. The van der Waals surface area contributed by atoms with E-state index >= 15 is 0 Å². The third kappa shape index (κ3) is 0.892. The molecule has 0 spiro atoms. The molecule has 1 aliphatic heterocycles. The van der Waals surface area contributed by atoms with Crippen LogP contribution >= 0.6 is 0 Å². The molecule has 0 aromatic heterocycles. The summed E-state index contributed by atoms with van der Waals surface area (Å²) >= 11 is 0. The molecule has 1 rings (SSSR count). The van der Waals surface area contributed by atoms with Crippen LogP contribution in [0.5, 0.6) is 0 Å². The minimum Gasteiger partial charge on any atom is -0.503 e. The lowest BCUT2D eigenvalue weighted by Crippen LogP contribution is -1.91. The van der Waals surface area contributed by atoms with Crippen LogP contribution in [0.1, 0.15) is 0 Å². The number of hydrogen-bond acceptors (Lipinski definition) is 2. The summed E-state index contributed by atoms with van der Waals surface area (Å²) in [5.41, 5.74) is 0. The van der Waals surface area contributed by atoms with Crippen LogP contribution < -0.4 is 4.99 Å². The molecule has 2 heteroatoms. The van der Waals surface area contributed by atoms with Gasteiger partial charge in [0.25, 0.3) is 6.21 Å². The summed E-state index contributed by atoms with van der Waals surface area (Å²) in [6, 6.07) is 0. The quantitative estimate of drug-likeness (QED) is 0.463. The highest BCUT2D eigenvalue weighted by atomic mass is 16.3. The summed E-state index contributed by atoms with van der Waals surface area (Å²) in [6.45, 7) is 0. The Labute approximate surface area is 41.5 Å². The van der Waals surface area contributed by atoms with Gasteiger partial charge in [0.15, 0.2) is 5.76 Å². The van der Waals surface area contributed by atoms with Crippen molar-refractivity contribution in [1.29, 1.82) is 0 Å². The molecule has 1 radical (unpaired) electrons. The average molecular weight is 95.1 g/mol. The van der Waals surface area contributed by atoms with Gasteiger partial charge in [-0.25, -0.2) is 0 Å². The third-order valence-corrected chi connectivity index (χ3v) is 0.646. The minimum atomic E-state index is 0.211. The van der Waals surface area contributed by atoms with Crippen molar-refractivity contribution in [2.45, 2.75) is 0 Å². The van der Waals surface area contributed by atoms with E-state index in [1.807, 2.05) is 0 Å². The molecular formula is C5H5NO+. The summed E-state index contributed by atoms with van der Waals surface area (Å²) in [5, 5.41) is 8.57. The van der Waals surface area contributed by atoms with Crippen molar-refractivity contribution in [3.63, 3.8) is 0 Å². The summed E-state index contributed by atoms with van der Waals surface area (Å²) < 4.78 is 0. The van der Waals surface area contributed by atoms with Gasteiger partial charge in [-0.1, -0.05) is 0 Å². The van der Waals surface area contributed by atoms with E-state index in [1.54, 1.807) is 18.4 Å². The molecule has 0 bridgehead atoms. The van der Waals surface area contributed by atoms with Gasteiger partial charge in [-0.05, 0) is 6.08 Å². The molecule has 0 fully saturated rings. The first kappa shape index (κ1) is 4.12. The molecule has 0 atom stereocenters. The van der Waals surface area contributed by atoms with Crippen LogP contribution in [0, 0.1) is 0 Å². The Bertz CT molecular complexity index is 144. The van der Waals surface area contributed by atoms with Gasteiger partial charge in [-0.15, -0.1) is 0 Å². The Morgan fingerprint density at radius 3 is 2.71 bits per heavy atom.